The third-order valence-electron chi connectivity index (χ3n) is 2.47. The van der Waals surface area contributed by atoms with E-state index >= 15 is 0 Å². The van der Waals surface area contributed by atoms with Crippen molar-refractivity contribution in [1.82, 2.24) is 0 Å². The maximum absolute atomic E-state index is 11.1. The summed E-state index contributed by atoms with van der Waals surface area (Å²) < 4.78 is 10.5. The molecule has 3 heteroatoms. The molecule has 1 aliphatic heterocycles. The number of ether oxygens (including phenoxy) is 2. The number of carbonyl (C=O) groups is 1. The van der Waals surface area contributed by atoms with Crippen molar-refractivity contribution in [2.45, 2.75) is 26.2 Å². The van der Waals surface area contributed by atoms with Crippen molar-refractivity contribution in [3.8, 4) is 0 Å². The number of hydrogen-bond acceptors (Lipinski definition) is 3. The van der Waals surface area contributed by atoms with Gasteiger partial charge in [0.05, 0.1) is 12.5 Å². The first-order chi connectivity index (χ1) is 7.25. The Labute approximate surface area is 89.0 Å². The Bertz CT molecular complexity index is 334. The molecule has 1 aromatic carbocycles. The van der Waals surface area contributed by atoms with Gasteiger partial charge in [-0.05, 0) is 5.56 Å². The molecule has 1 heterocycles. The molecule has 1 aliphatic rings. The van der Waals surface area contributed by atoms with Gasteiger partial charge in [0.2, 0.25) is 6.29 Å². The molecule has 0 amide bonds. The second-order valence-corrected chi connectivity index (χ2v) is 3.80. The monoisotopic (exact) mass is 206 g/mol. The summed E-state index contributed by atoms with van der Waals surface area (Å²) in [5.41, 5.74) is 1.09. The Morgan fingerprint density at radius 2 is 2.13 bits per heavy atom. The summed E-state index contributed by atoms with van der Waals surface area (Å²) >= 11 is 0. The second kappa shape index (κ2) is 4.45. The van der Waals surface area contributed by atoms with Gasteiger partial charge in [0.1, 0.15) is 0 Å². The fraction of sp³-hybridized carbons (Fsp3) is 0.417. The molecule has 1 saturated heterocycles. The fourth-order valence-corrected chi connectivity index (χ4v) is 1.54. The summed E-state index contributed by atoms with van der Waals surface area (Å²) in [7, 11) is 0. The molecule has 0 saturated carbocycles. The number of rotatable bonds is 3. The zero-order chi connectivity index (χ0) is 10.7. The van der Waals surface area contributed by atoms with Crippen molar-refractivity contribution < 1.29 is 14.3 Å². The van der Waals surface area contributed by atoms with Crippen molar-refractivity contribution in [2.24, 2.45) is 5.92 Å². The van der Waals surface area contributed by atoms with Crippen LogP contribution >= 0.6 is 0 Å². The molecule has 0 radical (unpaired) electrons. The Hall–Kier alpha value is -1.35. The Morgan fingerprint density at radius 1 is 1.40 bits per heavy atom. The van der Waals surface area contributed by atoms with Crippen LogP contribution in [0.1, 0.15) is 18.9 Å². The van der Waals surface area contributed by atoms with Crippen LogP contribution in [0.3, 0.4) is 0 Å². The molecule has 0 N–H and O–H groups in total. The molecule has 80 valence electrons. The highest BCUT2D eigenvalue weighted by molar-refractivity contribution is 5.73. The average molecular weight is 206 g/mol. The molecule has 2 rings (SSSR count). The first-order valence-corrected chi connectivity index (χ1v) is 5.12. The van der Waals surface area contributed by atoms with Gasteiger partial charge in [0.25, 0.3) is 0 Å². The molecule has 0 spiro atoms. The van der Waals surface area contributed by atoms with Gasteiger partial charge in [-0.2, -0.15) is 0 Å². The predicted molar refractivity (Wildman–Crippen MR) is 54.9 cm³/mol. The third-order valence-corrected chi connectivity index (χ3v) is 2.47. The zero-order valence-corrected chi connectivity index (χ0v) is 8.68. The van der Waals surface area contributed by atoms with Gasteiger partial charge < -0.3 is 9.47 Å². The second-order valence-electron chi connectivity index (χ2n) is 3.80. The van der Waals surface area contributed by atoms with Crippen LogP contribution in [0, 0.1) is 5.92 Å². The van der Waals surface area contributed by atoms with Crippen LogP contribution in [0.25, 0.3) is 0 Å². The van der Waals surface area contributed by atoms with Gasteiger partial charge in [0.15, 0.2) is 0 Å². The number of cyclic esters (lactones) is 1. The SMILES string of the molecule is C[C@@H]1C[C@@H](OCc2ccccc2)OC1=O. The molecule has 0 aromatic heterocycles. The van der Waals surface area contributed by atoms with Gasteiger partial charge >= 0.3 is 5.97 Å². The number of benzene rings is 1. The van der Waals surface area contributed by atoms with Gasteiger partial charge in [0, 0.05) is 6.42 Å². The van der Waals surface area contributed by atoms with Crippen molar-refractivity contribution in [3.05, 3.63) is 35.9 Å². The zero-order valence-electron chi connectivity index (χ0n) is 8.68. The first kappa shape index (κ1) is 10.2. The highest BCUT2D eigenvalue weighted by Crippen LogP contribution is 2.22. The maximum atomic E-state index is 11.1. The van der Waals surface area contributed by atoms with E-state index < -0.39 is 0 Å². The summed E-state index contributed by atoms with van der Waals surface area (Å²) in [5.74, 6) is -0.196. The summed E-state index contributed by atoms with van der Waals surface area (Å²) in [6.45, 7) is 2.35. The summed E-state index contributed by atoms with van der Waals surface area (Å²) in [5, 5.41) is 0. The molecular formula is C12H14O3. The smallest absolute Gasteiger partial charge is 0.311 e. The number of hydrogen-bond donors (Lipinski definition) is 0. The van der Waals surface area contributed by atoms with Crippen LogP contribution in [0.2, 0.25) is 0 Å². The van der Waals surface area contributed by atoms with Gasteiger partial charge in [-0.15, -0.1) is 0 Å². The Balaban J connectivity index is 1.82. The molecule has 1 fully saturated rings. The minimum Gasteiger partial charge on any atom is -0.436 e. The Kier molecular flexibility index (Phi) is 3.02. The number of esters is 1. The van der Waals surface area contributed by atoms with E-state index in [1.54, 1.807) is 0 Å². The summed E-state index contributed by atoms with van der Waals surface area (Å²) in [4.78, 5) is 11.1. The highest BCUT2D eigenvalue weighted by Gasteiger charge is 2.31. The van der Waals surface area contributed by atoms with Crippen molar-refractivity contribution in [1.29, 1.82) is 0 Å². The van der Waals surface area contributed by atoms with E-state index in [4.69, 9.17) is 9.47 Å². The molecule has 0 unspecified atom stereocenters. The molecule has 3 nitrogen and oxygen atoms in total. The minimum absolute atomic E-state index is 0.0363. The van der Waals surface area contributed by atoms with Crippen LogP contribution < -0.4 is 0 Å². The quantitative estimate of drug-likeness (QED) is 0.710. The fourth-order valence-electron chi connectivity index (χ4n) is 1.54. The van der Waals surface area contributed by atoms with Crippen molar-refractivity contribution in [2.75, 3.05) is 0 Å². The van der Waals surface area contributed by atoms with E-state index in [1.807, 2.05) is 37.3 Å². The van der Waals surface area contributed by atoms with E-state index in [0.29, 0.717) is 13.0 Å². The standard InChI is InChI=1S/C12H14O3/c1-9-7-11(15-12(9)13)14-8-10-5-3-2-4-6-10/h2-6,9,11H,7-8H2,1H3/t9-,11+/m1/s1. The summed E-state index contributed by atoms with van der Waals surface area (Å²) in [6.07, 6.45) is 0.291. The van der Waals surface area contributed by atoms with Crippen LogP contribution in [0.4, 0.5) is 0 Å². The van der Waals surface area contributed by atoms with E-state index in [-0.39, 0.29) is 18.2 Å². The molecule has 15 heavy (non-hydrogen) atoms. The van der Waals surface area contributed by atoms with E-state index in [9.17, 15) is 4.79 Å². The molecule has 2 atom stereocenters. The normalized spacial score (nSPS) is 25.3. The topological polar surface area (TPSA) is 35.5 Å². The summed E-state index contributed by atoms with van der Waals surface area (Å²) in [6, 6.07) is 9.85. The lowest BCUT2D eigenvalue weighted by atomic mass is 10.1. The predicted octanol–water partition coefficient (Wildman–Crippen LogP) is 2.11. The molecular weight excluding hydrogens is 192 g/mol. The highest BCUT2D eigenvalue weighted by atomic mass is 16.7. The molecule has 0 aliphatic carbocycles. The van der Waals surface area contributed by atoms with Crippen LogP contribution in [-0.4, -0.2) is 12.3 Å². The lowest BCUT2D eigenvalue weighted by Gasteiger charge is -2.10. The van der Waals surface area contributed by atoms with Crippen molar-refractivity contribution in [3.63, 3.8) is 0 Å². The lowest BCUT2D eigenvalue weighted by Crippen LogP contribution is -2.11. The van der Waals surface area contributed by atoms with Crippen molar-refractivity contribution >= 4 is 5.97 Å². The van der Waals surface area contributed by atoms with Gasteiger partial charge in [-0.25, -0.2) is 0 Å². The molecule has 0 bridgehead atoms. The third kappa shape index (κ3) is 2.57. The minimum atomic E-state index is -0.368. The average Bonchev–Trinajstić information content (AvgIpc) is 2.57. The maximum Gasteiger partial charge on any atom is 0.311 e. The lowest BCUT2D eigenvalue weighted by molar-refractivity contribution is -0.165. The number of carbonyl (C=O) groups excluding carboxylic acids is 1. The van der Waals surface area contributed by atoms with E-state index in [1.165, 1.54) is 0 Å². The van der Waals surface area contributed by atoms with Gasteiger partial charge in [-0.1, -0.05) is 37.3 Å². The van der Waals surface area contributed by atoms with Gasteiger partial charge in [-0.3, -0.25) is 4.79 Å². The van der Waals surface area contributed by atoms with E-state index in [0.717, 1.165) is 5.56 Å². The molecule has 1 aromatic rings. The van der Waals surface area contributed by atoms with Crippen LogP contribution in [-0.2, 0) is 20.9 Å². The first-order valence-electron chi connectivity index (χ1n) is 5.12. The van der Waals surface area contributed by atoms with E-state index in [2.05, 4.69) is 0 Å². The van der Waals surface area contributed by atoms with Crippen LogP contribution in [0.5, 0.6) is 0 Å². The Morgan fingerprint density at radius 3 is 2.73 bits per heavy atom. The largest absolute Gasteiger partial charge is 0.436 e. The van der Waals surface area contributed by atoms with Crippen LogP contribution in [0.15, 0.2) is 30.3 Å².